The molecule has 43 heavy (non-hydrogen) atoms. The van der Waals surface area contributed by atoms with Gasteiger partial charge in [0, 0.05) is 61.8 Å². The van der Waals surface area contributed by atoms with Crippen molar-refractivity contribution in [3.8, 4) is 0 Å². The Kier molecular flexibility index (Phi) is 12.9. The summed E-state index contributed by atoms with van der Waals surface area (Å²) in [5, 5.41) is 10.8. The van der Waals surface area contributed by atoms with Crippen LogP contribution in [0.25, 0.3) is 10.9 Å². The fourth-order valence-corrected chi connectivity index (χ4v) is 9.32. The predicted octanol–water partition coefficient (Wildman–Crippen LogP) is 4.56. The molecule has 2 aliphatic rings. The van der Waals surface area contributed by atoms with Crippen LogP contribution in [0.4, 0.5) is 0 Å². The second-order valence-corrected chi connectivity index (χ2v) is 16.0. The maximum absolute atomic E-state index is 13.8. The van der Waals surface area contributed by atoms with Crippen molar-refractivity contribution in [1.29, 1.82) is 0 Å². The van der Waals surface area contributed by atoms with Gasteiger partial charge in [-0.15, -0.1) is 12.4 Å². The Morgan fingerprint density at radius 2 is 1.49 bits per heavy atom. The van der Waals surface area contributed by atoms with E-state index in [0.717, 1.165) is 35.9 Å². The van der Waals surface area contributed by atoms with Gasteiger partial charge in [-0.1, -0.05) is 57.5 Å². The van der Waals surface area contributed by atoms with E-state index in [1.807, 2.05) is 0 Å². The third-order valence-electron chi connectivity index (χ3n) is 7.43. The molecule has 0 amide bonds. The second kappa shape index (κ2) is 15.5. The summed E-state index contributed by atoms with van der Waals surface area (Å²) < 4.78 is 57.0. The van der Waals surface area contributed by atoms with E-state index < -0.39 is 20.0 Å². The van der Waals surface area contributed by atoms with Crippen LogP contribution in [-0.4, -0.2) is 76.5 Å². The minimum atomic E-state index is -4.17. The van der Waals surface area contributed by atoms with E-state index in [1.165, 1.54) is 35.0 Å². The molecular weight excluding hydrogens is 629 g/mol. The number of rotatable bonds is 8. The summed E-state index contributed by atoms with van der Waals surface area (Å²) in [6.45, 7) is 13.2. The molecule has 3 N–H and O–H groups in total. The molecule has 3 heterocycles. The van der Waals surface area contributed by atoms with Gasteiger partial charge in [0.2, 0.25) is 0 Å². The van der Waals surface area contributed by atoms with Crippen LogP contribution in [-0.2, 0) is 20.0 Å². The minimum absolute atomic E-state index is 0. The summed E-state index contributed by atoms with van der Waals surface area (Å²) in [5.41, 5.74) is 0.269. The van der Waals surface area contributed by atoms with Gasteiger partial charge in [0.1, 0.15) is 0 Å². The smallest absolute Gasteiger partial charge is 0.269 e. The first kappa shape index (κ1) is 35.8. The molecule has 2 aliphatic heterocycles. The molecule has 0 radical (unpaired) electrons. The number of hydrogen-bond donors (Lipinski definition) is 3. The molecule has 2 saturated heterocycles. The van der Waals surface area contributed by atoms with Crippen molar-refractivity contribution in [3.63, 3.8) is 0 Å². The lowest BCUT2D eigenvalue weighted by molar-refractivity contribution is 0.271. The Hall–Kier alpha value is -1.70. The Balaban J connectivity index is 0.000000392. The Labute approximate surface area is 268 Å². The molecule has 13 heteroatoms. The van der Waals surface area contributed by atoms with E-state index >= 15 is 0 Å². The summed E-state index contributed by atoms with van der Waals surface area (Å²) in [5.74, 6) is 1.22. The van der Waals surface area contributed by atoms with E-state index in [2.05, 4.69) is 43.6 Å². The van der Waals surface area contributed by atoms with Crippen molar-refractivity contribution in [3.05, 3.63) is 59.6 Å². The topological polar surface area (TPSA) is 113 Å². The molecule has 3 aromatic rings. The van der Waals surface area contributed by atoms with Crippen LogP contribution in [0.3, 0.4) is 0 Å². The van der Waals surface area contributed by atoms with E-state index in [-0.39, 0.29) is 47.0 Å². The van der Waals surface area contributed by atoms with Crippen LogP contribution in [0.15, 0.2) is 64.5 Å². The largest absolute Gasteiger partial charge is 0.314 e. The van der Waals surface area contributed by atoms with Crippen molar-refractivity contribution < 1.29 is 16.8 Å². The summed E-state index contributed by atoms with van der Waals surface area (Å²) in [7, 11) is -8.26. The zero-order valence-electron chi connectivity index (χ0n) is 25.3. The Bertz CT molecular complexity index is 1540. The van der Waals surface area contributed by atoms with Crippen LogP contribution in [0.2, 0.25) is 5.02 Å². The molecule has 1 aromatic heterocycles. The number of nitrogens with one attached hydrogen (secondary N) is 3. The number of halogens is 2. The van der Waals surface area contributed by atoms with Crippen LogP contribution >= 0.6 is 24.0 Å². The van der Waals surface area contributed by atoms with E-state index in [1.54, 1.807) is 30.3 Å². The fourth-order valence-electron chi connectivity index (χ4n) is 5.58. The highest BCUT2D eigenvalue weighted by molar-refractivity contribution is 7.92. The molecular formula is C30H45Cl2N5O4S2. The van der Waals surface area contributed by atoms with Gasteiger partial charge in [0.15, 0.2) is 5.03 Å². The number of nitrogens with zero attached hydrogens (tertiary/aromatic N) is 2. The molecule has 9 nitrogen and oxygen atoms in total. The zero-order valence-corrected chi connectivity index (χ0v) is 28.5. The highest BCUT2D eigenvalue weighted by Crippen LogP contribution is 2.32. The average Bonchev–Trinajstić information content (AvgIpc) is 3.34. The average molecular weight is 675 g/mol. The first-order valence-corrected chi connectivity index (χ1v) is 17.9. The molecule has 2 unspecified atom stereocenters. The highest BCUT2D eigenvalue weighted by Gasteiger charge is 2.36. The molecule has 5 rings (SSSR count). The second-order valence-electron chi connectivity index (χ2n) is 11.9. The molecule has 0 aliphatic carbocycles. The van der Waals surface area contributed by atoms with Gasteiger partial charge in [-0.25, -0.2) is 20.8 Å². The van der Waals surface area contributed by atoms with Crippen molar-refractivity contribution in [1.82, 2.24) is 24.2 Å². The molecule has 0 saturated carbocycles. The summed E-state index contributed by atoms with van der Waals surface area (Å²) in [4.78, 5) is 0.0156. The summed E-state index contributed by atoms with van der Waals surface area (Å²) in [6.07, 6.45) is 2.12. The molecule has 0 spiro atoms. The van der Waals surface area contributed by atoms with Gasteiger partial charge < -0.3 is 16.0 Å². The quantitative estimate of drug-likeness (QED) is 0.322. The first-order chi connectivity index (χ1) is 19.9. The third kappa shape index (κ3) is 8.94. The molecule has 240 valence electrons. The van der Waals surface area contributed by atoms with Gasteiger partial charge in [0.05, 0.1) is 10.4 Å². The van der Waals surface area contributed by atoms with Crippen LogP contribution < -0.4 is 16.0 Å². The maximum atomic E-state index is 13.8. The number of benzene rings is 2. The van der Waals surface area contributed by atoms with E-state index in [4.69, 9.17) is 11.6 Å². The molecule has 2 aromatic carbocycles. The zero-order chi connectivity index (χ0) is 30.5. The van der Waals surface area contributed by atoms with Gasteiger partial charge in [-0.2, -0.15) is 4.31 Å². The molecule has 2 fully saturated rings. The van der Waals surface area contributed by atoms with Crippen molar-refractivity contribution in [2.75, 3.05) is 39.3 Å². The highest BCUT2D eigenvalue weighted by atomic mass is 35.5. The van der Waals surface area contributed by atoms with Crippen LogP contribution in [0, 0.1) is 11.8 Å². The number of piperazine rings is 2. The lowest BCUT2D eigenvalue weighted by atomic mass is 10.0. The van der Waals surface area contributed by atoms with Gasteiger partial charge in [-0.05, 0) is 61.1 Å². The minimum Gasteiger partial charge on any atom is -0.314 e. The number of aromatic nitrogens is 1. The predicted molar refractivity (Wildman–Crippen MR) is 177 cm³/mol. The third-order valence-corrected chi connectivity index (χ3v) is 11.4. The van der Waals surface area contributed by atoms with Crippen molar-refractivity contribution in [2.45, 2.75) is 62.5 Å². The normalized spacial score (nSPS) is 20.1. The summed E-state index contributed by atoms with van der Waals surface area (Å²) >= 11 is 6.12. The lowest BCUT2D eigenvalue weighted by Gasteiger charge is -2.33. The molecule has 2 atom stereocenters. The van der Waals surface area contributed by atoms with Crippen LogP contribution in [0.1, 0.15) is 40.5 Å². The van der Waals surface area contributed by atoms with E-state index in [9.17, 15) is 16.8 Å². The van der Waals surface area contributed by atoms with Gasteiger partial charge >= 0.3 is 0 Å². The Morgan fingerprint density at radius 3 is 2.12 bits per heavy atom. The number of fused-ring (bicyclic) bond motifs is 1. The standard InChI is InChI=1S/C22H26ClN3O4S2.C8H18N2.ClH/c1-16(2)12-19-15-25(11-10-24-19)32(29,30)22-14-17-13-18(23)8-9-21(17)26(22)31(27,28)20-6-4-3-5-7-20;1-7(2)5-8-6-9-3-4-10-8;/h3-9,13-14,16,19,24H,10-12,15H2,1-2H3;7-10H,3-6H2,1-2H3;1H. The summed E-state index contributed by atoms with van der Waals surface area (Å²) in [6, 6.07) is 14.6. The monoisotopic (exact) mass is 673 g/mol. The number of sulfonamides is 1. The van der Waals surface area contributed by atoms with E-state index in [0.29, 0.717) is 28.9 Å². The van der Waals surface area contributed by atoms with Gasteiger partial charge in [0.25, 0.3) is 20.0 Å². The number of hydrogen-bond acceptors (Lipinski definition) is 7. The lowest BCUT2D eigenvalue weighted by Crippen LogP contribution is -2.53. The van der Waals surface area contributed by atoms with Crippen molar-refractivity contribution in [2.24, 2.45) is 11.8 Å². The maximum Gasteiger partial charge on any atom is 0.269 e. The molecule has 0 bridgehead atoms. The first-order valence-electron chi connectivity index (χ1n) is 14.7. The van der Waals surface area contributed by atoms with Crippen LogP contribution in [0.5, 0.6) is 0 Å². The fraction of sp³-hybridized carbons (Fsp3) is 0.533. The Morgan fingerprint density at radius 1 is 0.837 bits per heavy atom. The van der Waals surface area contributed by atoms with Crippen molar-refractivity contribution >= 4 is 55.0 Å². The SMILES string of the molecule is CC(C)CC1CN(S(=O)(=O)c2cc3cc(Cl)ccc3n2S(=O)(=O)c2ccccc2)CCN1.CC(C)CC1CNCCN1.Cl. The van der Waals surface area contributed by atoms with Gasteiger partial charge in [-0.3, -0.25) is 0 Å².